The lowest BCUT2D eigenvalue weighted by molar-refractivity contribution is 0.467. The number of hydrogen-bond acceptors (Lipinski definition) is 3. The number of phenols is 1. The maximum absolute atomic E-state index is 11.4. The SMILES string of the molecule is CC(c1cccc(O)c1)C1CCS(=O)(=O)C1. The van der Waals surface area contributed by atoms with Gasteiger partial charge in [-0.25, -0.2) is 8.42 Å². The van der Waals surface area contributed by atoms with Crippen LogP contribution >= 0.6 is 0 Å². The van der Waals surface area contributed by atoms with E-state index in [-0.39, 0.29) is 23.3 Å². The Morgan fingerprint density at radius 1 is 1.44 bits per heavy atom. The van der Waals surface area contributed by atoms with Gasteiger partial charge < -0.3 is 5.11 Å². The Kier molecular flexibility index (Phi) is 2.93. The van der Waals surface area contributed by atoms with Gasteiger partial charge in [0, 0.05) is 0 Å². The molecule has 0 aliphatic carbocycles. The molecule has 1 aliphatic rings. The first kappa shape index (κ1) is 11.5. The molecular weight excluding hydrogens is 224 g/mol. The molecule has 1 aromatic rings. The molecule has 3 nitrogen and oxygen atoms in total. The monoisotopic (exact) mass is 240 g/mol. The minimum absolute atomic E-state index is 0.185. The number of sulfone groups is 1. The van der Waals surface area contributed by atoms with Crippen molar-refractivity contribution >= 4 is 9.84 Å². The van der Waals surface area contributed by atoms with Gasteiger partial charge in [-0.05, 0) is 36.0 Å². The Balaban J connectivity index is 2.17. The smallest absolute Gasteiger partial charge is 0.150 e. The zero-order valence-electron chi connectivity index (χ0n) is 9.26. The maximum atomic E-state index is 11.4. The molecule has 0 spiro atoms. The van der Waals surface area contributed by atoms with Crippen LogP contribution in [0.4, 0.5) is 0 Å². The highest BCUT2D eigenvalue weighted by Gasteiger charge is 2.32. The normalized spacial score (nSPS) is 25.4. The molecule has 1 aliphatic heterocycles. The number of aromatic hydroxyl groups is 1. The van der Waals surface area contributed by atoms with Crippen molar-refractivity contribution in [2.24, 2.45) is 5.92 Å². The quantitative estimate of drug-likeness (QED) is 0.859. The Hall–Kier alpha value is -1.03. The van der Waals surface area contributed by atoms with Crippen LogP contribution < -0.4 is 0 Å². The molecule has 0 radical (unpaired) electrons. The number of rotatable bonds is 2. The van der Waals surface area contributed by atoms with Crippen molar-refractivity contribution in [1.82, 2.24) is 0 Å². The Labute approximate surface area is 96.0 Å². The van der Waals surface area contributed by atoms with Crippen molar-refractivity contribution in [3.8, 4) is 5.75 Å². The first-order chi connectivity index (χ1) is 7.48. The average Bonchev–Trinajstić information content (AvgIpc) is 2.58. The first-order valence-corrected chi connectivity index (χ1v) is 7.29. The standard InChI is InChI=1S/C12H16O3S/c1-9(10-3-2-4-12(13)7-10)11-5-6-16(14,15)8-11/h2-4,7,9,11,13H,5-6,8H2,1H3. The van der Waals surface area contributed by atoms with Gasteiger partial charge in [0.25, 0.3) is 0 Å². The lowest BCUT2D eigenvalue weighted by Gasteiger charge is -2.18. The fourth-order valence-corrected chi connectivity index (χ4v) is 4.23. The van der Waals surface area contributed by atoms with Gasteiger partial charge >= 0.3 is 0 Å². The zero-order valence-corrected chi connectivity index (χ0v) is 10.1. The fraction of sp³-hybridized carbons (Fsp3) is 0.500. The molecule has 1 fully saturated rings. The molecule has 0 amide bonds. The van der Waals surface area contributed by atoms with Crippen LogP contribution in [-0.4, -0.2) is 25.0 Å². The summed E-state index contributed by atoms with van der Waals surface area (Å²) in [5, 5.41) is 9.39. The van der Waals surface area contributed by atoms with Gasteiger partial charge in [0.1, 0.15) is 5.75 Å². The predicted molar refractivity (Wildman–Crippen MR) is 63.3 cm³/mol. The topological polar surface area (TPSA) is 54.4 Å². The third kappa shape index (κ3) is 2.38. The predicted octanol–water partition coefficient (Wildman–Crippen LogP) is 1.93. The van der Waals surface area contributed by atoms with Crippen LogP contribution in [0, 0.1) is 5.92 Å². The van der Waals surface area contributed by atoms with E-state index in [1.54, 1.807) is 18.2 Å². The molecule has 16 heavy (non-hydrogen) atoms. The van der Waals surface area contributed by atoms with E-state index >= 15 is 0 Å². The first-order valence-electron chi connectivity index (χ1n) is 5.47. The summed E-state index contributed by atoms with van der Waals surface area (Å²) >= 11 is 0. The second-order valence-electron chi connectivity index (χ2n) is 4.55. The zero-order chi connectivity index (χ0) is 11.8. The van der Waals surface area contributed by atoms with Crippen LogP contribution in [0.1, 0.15) is 24.8 Å². The van der Waals surface area contributed by atoms with Gasteiger partial charge in [-0.3, -0.25) is 0 Å². The molecule has 1 heterocycles. The Bertz CT molecular complexity index is 479. The molecule has 88 valence electrons. The molecule has 1 aromatic carbocycles. The van der Waals surface area contributed by atoms with Gasteiger partial charge in [0.2, 0.25) is 0 Å². The molecule has 4 heteroatoms. The van der Waals surface area contributed by atoms with Crippen molar-refractivity contribution in [1.29, 1.82) is 0 Å². The summed E-state index contributed by atoms with van der Waals surface area (Å²) in [6.45, 7) is 2.03. The molecule has 2 atom stereocenters. The summed E-state index contributed by atoms with van der Waals surface area (Å²) in [4.78, 5) is 0. The molecular formula is C12H16O3S. The van der Waals surface area contributed by atoms with Crippen LogP contribution in [0.25, 0.3) is 0 Å². The summed E-state index contributed by atoms with van der Waals surface area (Å²) in [6, 6.07) is 7.08. The van der Waals surface area contributed by atoms with E-state index in [1.165, 1.54) is 0 Å². The van der Waals surface area contributed by atoms with Crippen LogP contribution in [0.15, 0.2) is 24.3 Å². The second kappa shape index (κ2) is 4.09. The van der Waals surface area contributed by atoms with Gasteiger partial charge in [-0.15, -0.1) is 0 Å². The minimum Gasteiger partial charge on any atom is -0.508 e. The lowest BCUT2D eigenvalue weighted by Crippen LogP contribution is -2.11. The third-order valence-electron chi connectivity index (χ3n) is 3.37. The molecule has 0 saturated carbocycles. The summed E-state index contributed by atoms with van der Waals surface area (Å²) in [6.07, 6.45) is 0.735. The van der Waals surface area contributed by atoms with Crippen molar-refractivity contribution in [2.45, 2.75) is 19.3 Å². The van der Waals surface area contributed by atoms with Crippen LogP contribution in [0.3, 0.4) is 0 Å². The van der Waals surface area contributed by atoms with Crippen molar-refractivity contribution in [3.05, 3.63) is 29.8 Å². The Morgan fingerprint density at radius 2 is 2.19 bits per heavy atom. The highest BCUT2D eigenvalue weighted by Crippen LogP contribution is 2.33. The van der Waals surface area contributed by atoms with E-state index in [2.05, 4.69) is 0 Å². The van der Waals surface area contributed by atoms with E-state index in [4.69, 9.17) is 0 Å². The van der Waals surface area contributed by atoms with Gasteiger partial charge in [0.15, 0.2) is 9.84 Å². The Morgan fingerprint density at radius 3 is 2.75 bits per heavy atom. The maximum Gasteiger partial charge on any atom is 0.150 e. The molecule has 1 N–H and O–H groups in total. The minimum atomic E-state index is -2.82. The number of hydrogen-bond donors (Lipinski definition) is 1. The van der Waals surface area contributed by atoms with Crippen molar-refractivity contribution in [2.75, 3.05) is 11.5 Å². The number of benzene rings is 1. The van der Waals surface area contributed by atoms with E-state index in [9.17, 15) is 13.5 Å². The van der Waals surface area contributed by atoms with E-state index < -0.39 is 9.84 Å². The van der Waals surface area contributed by atoms with Gasteiger partial charge in [-0.2, -0.15) is 0 Å². The van der Waals surface area contributed by atoms with E-state index in [1.807, 2.05) is 13.0 Å². The lowest BCUT2D eigenvalue weighted by atomic mass is 9.87. The summed E-state index contributed by atoms with van der Waals surface area (Å²) < 4.78 is 22.8. The van der Waals surface area contributed by atoms with Crippen LogP contribution in [0.2, 0.25) is 0 Å². The van der Waals surface area contributed by atoms with E-state index in [0.717, 1.165) is 12.0 Å². The molecule has 0 aromatic heterocycles. The summed E-state index contributed by atoms with van der Waals surface area (Å²) in [5.41, 5.74) is 1.02. The van der Waals surface area contributed by atoms with Gasteiger partial charge in [-0.1, -0.05) is 19.1 Å². The molecule has 2 rings (SSSR count). The van der Waals surface area contributed by atoms with Crippen LogP contribution in [-0.2, 0) is 9.84 Å². The average molecular weight is 240 g/mol. The van der Waals surface area contributed by atoms with Crippen LogP contribution in [0.5, 0.6) is 5.75 Å². The highest BCUT2D eigenvalue weighted by molar-refractivity contribution is 7.91. The third-order valence-corrected chi connectivity index (χ3v) is 5.16. The molecule has 0 bridgehead atoms. The highest BCUT2D eigenvalue weighted by atomic mass is 32.2. The van der Waals surface area contributed by atoms with Crippen molar-refractivity contribution in [3.63, 3.8) is 0 Å². The second-order valence-corrected chi connectivity index (χ2v) is 6.78. The molecule has 1 saturated heterocycles. The largest absolute Gasteiger partial charge is 0.508 e. The molecule has 2 unspecified atom stereocenters. The van der Waals surface area contributed by atoms with Gasteiger partial charge in [0.05, 0.1) is 11.5 Å². The van der Waals surface area contributed by atoms with Crippen molar-refractivity contribution < 1.29 is 13.5 Å². The fourth-order valence-electron chi connectivity index (χ4n) is 2.30. The van der Waals surface area contributed by atoms with E-state index in [0.29, 0.717) is 5.75 Å². The summed E-state index contributed by atoms with van der Waals surface area (Å²) in [5.74, 6) is 1.20. The summed E-state index contributed by atoms with van der Waals surface area (Å²) in [7, 11) is -2.82. The number of phenolic OH excluding ortho intramolecular Hbond substituents is 1.